The standard InChI is InChI=1S/C11H13NO4/c1-12-9(11(15)16)6-7-2-4-8(5-3-7)10(13)14/h2-5,9,12H,6H2,1H3,(H,13,14)(H,15,16)/t9-/m1/s1. The van der Waals surface area contributed by atoms with Crippen LogP contribution in [0.1, 0.15) is 15.9 Å². The Balaban J connectivity index is 2.75. The van der Waals surface area contributed by atoms with Crippen LogP contribution in [0.2, 0.25) is 0 Å². The molecule has 5 nitrogen and oxygen atoms in total. The number of carbonyl (C=O) groups is 2. The van der Waals surface area contributed by atoms with Gasteiger partial charge in [0, 0.05) is 0 Å². The number of hydrogen-bond donors (Lipinski definition) is 3. The highest BCUT2D eigenvalue weighted by Gasteiger charge is 2.15. The number of aromatic carboxylic acids is 1. The van der Waals surface area contributed by atoms with Crippen molar-refractivity contribution < 1.29 is 19.8 Å². The lowest BCUT2D eigenvalue weighted by atomic mass is 10.0. The predicted molar refractivity (Wildman–Crippen MR) is 57.6 cm³/mol. The van der Waals surface area contributed by atoms with Gasteiger partial charge in [-0.2, -0.15) is 0 Å². The summed E-state index contributed by atoms with van der Waals surface area (Å²) in [6.45, 7) is 0. The largest absolute Gasteiger partial charge is 0.480 e. The van der Waals surface area contributed by atoms with Crippen LogP contribution in [0.4, 0.5) is 0 Å². The summed E-state index contributed by atoms with van der Waals surface area (Å²) in [6, 6.07) is 5.52. The third-order valence-electron chi connectivity index (χ3n) is 2.29. The van der Waals surface area contributed by atoms with Crippen LogP contribution in [-0.2, 0) is 11.2 Å². The highest BCUT2D eigenvalue weighted by molar-refractivity contribution is 5.87. The third kappa shape index (κ3) is 3.06. The Morgan fingerprint density at radius 3 is 2.19 bits per heavy atom. The van der Waals surface area contributed by atoms with Crippen LogP contribution in [0.15, 0.2) is 24.3 Å². The SMILES string of the molecule is CN[C@H](Cc1ccc(C(=O)O)cc1)C(=O)O. The van der Waals surface area contributed by atoms with Crippen LogP contribution in [-0.4, -0.2) is 35.2 Å². The highest BCUT2D eigenvalue weighted by atomic mass is 16.4. The predicted octanol–water partition coefficient (Wildman–Crippen LogP) is 0.600. The number of nitrogens with one attached hydrogen (secondary N) is 1. The van der Waals surface area contributed by atoms with Crippen LogP contribution < -0.4 is 5.32 Å². The second-order valence-electron chi connectivity index (χ2n) is 3.39. The van der Waals surface area contributed by atoms with E-state index in [1.165, 1.54) is 12.1 Å². The minimum Gasteiger partial charge on any atom is -0.480 e. The van der Waals surface area contributed by atoms with Gasteiger partial charge < -0.3 is 15.5 Å². The van der Waals surface area contributed by atoms with Gasteiger partial charge in [-0.25, -0.2) is 4.79 Å². The summed E-state index contributed by atoms with van der Waals surface area (Å²) in [5, 5.41) is 20.2. The van der Waals surface area contributed by atoms with Crippen molar-refractivity contribution in [2.45, 2.75) is 12.5 Å². The number of hydrogen-bond acceptors (Lipinski definition) is 3. The van der Waals surface area contributed by atoms with E-state index < -0.39 is 18.0 Å². The van der Waals surface area contributed by atoms with E-state index in [9.17, 15) is 9.59 Å². The van der Waals surface area contributed by atoms with Gasteiger partial charge in [0.15, 0.2) is 0 Å². The molecule has 0 heterocycles. The molecule has 0 bridgehead atoms. The van der Waals surface area contributed by atoms with Crippen LogP contribution in [0.3, 0.4) is 0 Å². The second kappa shape index (κ2) is 5.27. The Labute approximate surface area is 92.7 Å². The van der Waals surface area contributed by atoms with E-state index >= 15 is 0 Å². The van der Waals surface area contributed by atoms with E-state index in [0.717, 1.165) is 5.56 Å². The lowest BCUT2D eigenvalue weighted by Gasteiger charge is -2.10. The Morgan fingerprint density at radius 2 is 1.81 bits per heavy atom. The molecule has 5 heteroatoms. The molecule has 1 aromatic carbocycles. The summed E-state index contributed by atoms with van der Waals surface area (Å²) in [5.41, 5.74) is 0.979. The van der Waals surface area contributed by atoms with Crippen molar-refractivity contribution in [1.29, 1.82) is 0 Å². The third-order valence-corrected chi connectivity index (χ3v) is 2.29. The monoisotopic (exact) mass is 223 g/mol. The van der Waals surface area contributed by atoms with E-state index in [-0.39, 0.29) is 5.56 Å². The molecule has 0 aromatic heterocycles. The topological polar surface area (TPSA) is 86.6 Å². The first-order valence-corrected chi connectivity index (χ1v) is 4.77. The maximum atomic E-state index is 10.8. The molecule has 0 unspecified atom stereocenters. The fourth-order valence-corrected chi connectivity index (χ4v) is 1.33. The first-order valence-electron chi connectivity index (χ1n) is 4.77. The normalized spacial score (nSPS) is 12.1. The quantitative estimate of drug-likeness (QED) is 0.680. The van der Waals surface area contributed by atoms with Gasteiger partial charge in [0.05, 0.1) is 5.56 Å². The number of carboxylic acid groups (broad SMARTS) is 2. The number of carboxylic acids is 2. The minimum atomic E-state index is -0.991. The van der Waals surface area contributed by atoms with Crippen LogP contribution in [0.5, 0.6) is 0 Å². The second-order valence-corrected chi connectivity index (χ2v) is 3.39. The molecule has 0 aliphatic rings. The Kier molecular flexibility index (Phi) is 4.02. The van der Waals surface area contributed by atoms with Gasteiger partial charge in [-0.15, -0.1) is 0 Å². The molecule has 1 rings (SSSR count). The zero-order valence-corrected chi connectivity index (χ0v) is 8.80. The molecule has 0 radical (unpaired) electrons. The van der Waals surface area contributed by atoms with Gasteiger partial charge in [0.2, 0.25) is 0 Å². The summed E-state index contributed by atoms with van der Waals surface area (Å²) in [7, 11) is 1.57. The molecule has 3 N–H and O–H groups in total. The van der Waals surface area contributed by atoms with Gasteiger partial charge in [-0.1, -0.05) is 12.1 Å². The van der Waals surface area contributed by atoms with E-state index in [0.29, 0.717) is 6.42 Å². The fourth-order valence-electron chi connectivity index (χ4n) is 1.33. The Morgan fingerprint density at radius 1 is 1.25 bits per heavy atom. The lowest BCUT2D eigenvalue weighted by molar-refractivity contribution is -0.139. The molecule has 0 amide bonds. The average molecular weight is 223 g/mol. The first-order chi connectivity index (χ1) is 7.54. The van der Waals surface area contributed by atoms with Crippen molar-refractivity contribution in [3.63, 3.8) is 0 Å². The first kappa shape index (κ1) is 12.2. The van der Waals surface area contributed by atoms with Crippen molar-refractivity contribution >= 4 is 11.9 Å². The van der Waals surface area contributed by atoms with Crippen LogP contribution >= 0.6 is 0 Å². The molecule has 1 aromatic rings. The van der Waals surface area contributed by atoms with E-state index in [4.69, 9.17) is 10.2 Å². The zero-order chi connectivity index (χ0) is 12.1. The molecule has 0 fully saturated rings. The van der Waals surface area contributed by atoms with Gasteiger partial charge in [-0.05, 0) is 31.2 Å². The van der Waals surface area contributed by atoms with Crippen LogP contribution in [0.25, 0.3) is 0 Å². The molecule has 0 aliphatic carbocycles. The molecule has 16 heavy (non-hydrogen) atoms. The number of rotatable bonds is 5. The Bertz CT molecular complexity index is 385. The maximum absolute atomic E-state index is 10.8. The summed E-state index contributed by atoms with van der Waals surface area (Å²) >= 11 is 0. The van der Waals surface area contributed by atoms with Crippen LogP contribution in [0, 0.1) is 0 Å². The van der Waals surface area contributed by atoms with E-state index in [1.807, 2.05) is 0 Å². The van der Waals surface area contributed by atoms with Gasteiger partial charge >= 0.3 is 11.9 Å². The molecule has 1 atom stereocenters. The van der Waals surface area contributed by atoms with Crippen molar-refractivity contribution in [1.82, 2.24) is 5.32 Å². The highest BCUT2D eigenvalue weighted by Crippen LogP contribution is 2.07. The summed E-state index contributed by atoms with van der Waals surface area (Å²) < 4.78 is 0. The van der Waals surface area contributed by atoms with E-state index in [1.54, 1.807) is 19.2 Å². The van der Waals surface area contributed by atoms with E-state index in [2.05, 4.69) is 5.32 Å². The van der Waals surface area contributed by atoms with Gasteiger partial charge in [-0.3, -0.25) is 4.79 Å². The fraction of sp³-hybridized carbons (Fsp3) is 0.273. The smallest absolute Gasteiger partial charge is 0.335 e. The minimum absolute atomic E-state index is 0.195. The number of likely N-dealkylation sites (N-methyl/N-ethyl adjacent to an activating group) is 1. The summed E-state index contributed by atoms with van der Waals surface area (Å²) in [6.07, 6.45) is 0.325. The molecule has 0 saturated carbocycles. The molecule has 0 saturated heterocycles. The summed E-state index contributed by atoms with van der Waals surface area (Å²) in [4.78, 5) is 21.3. The van der Waals surface area contributed by atoms with Crippen molar-refractivity contribution in [3.8, 4) is 0 Å². The molecular formula is C11H13NO4. The van der Waals surface area contributed by atoms with Crippen molar-refractivity contribution in [2.24, 2.45) is 0 Å². The average Bonchev–Trinajstić information content (AvgIpc) is 2.26. The number of benzene rings is 1. The molecule has 86 valence electrons. The zero-order valence-electron chi connectivity index (χ0n) is 8.80. The van der Waals surface area contributed by atoms with Gasteiger partial charge in [0.1, 0.15) is 6.04 Å². The molecule has 0 spiro atoms. The summed E-state index contributed by atoms with van der Waals surface area (Å²) in [5.74, 6) is -1.92. The Hall–Kier alpha value is -1.88. The van der Waals surface area contributed by atoms with Gasteiger partial charge in [0.25, 0.3) is 0 Å². The molecule has 0 aliphatic heterocycles. The number of aliphatic carboxylic acids is 1. The van der Waals surface area contributed by atoms with Crippen molar-refractivity contribution in [3.05, 3.63) is 35.4 Å². The maximum Gasteiger partial charge on any atom is 0.335 e. The molecular weight excluding hydrogens is 210 g/mol. The lowest BCUT2D eigenvalue weighted by Crippen LogP contribution is -2.35. The van der Waals surface area contributed by atoms with Crippen molar-refractivity contribution in [2.75, 3.05) is 7.05 Å².